The van der Waals surface area contributed by atoms with Crippen molar-refractivity contribution in [2.45, 2.75) is 51.0 Å². The maximum atomic E-state index is 12.1. The molecule has 1 aliphatic heterocycles. The van der Waals surface area contributed by atoms with Crippen molar-refractivity contribution in [2.24, 2.45) is 5.73 Å². The molecule has 3 unspecified atom stereocenters. The highest BCUT2D eigenvalue weighted by Crippen LogP contribution is 2.66. The lowest BCUT2D eigenvalue weighted by Crippen LogP contribution is -2.44. The van der Waals surface area contributed by atoms with Crippen LogP contribution in [0.1, 0.15) is 32.6 Å². The summed E-state index contributed by atoms with van der Waals surface area (Å²) in [5.74, 6) is 0.895. The highest BCUT2D eigenvalue weighted by Gasteiger charge is 2.41. The van der Waals surface area contributed by atoms with Crippen LogP contribution in [-0.2, 0) is 31.6 Å². The Hall–Kier alpha value is -1.05. The predicted molar refractivity (Wildman–Crippen MR) is 144 cm³/mol. The van der Waals surface area contributed by atoms with Gasteiger partial charge < -0.3 is 60.8 Å². The number of phosphoric acid groups is 3. The number of nitrogens with zero attached hydrogens (tertiary/aromatic N) is 2. The van der Waals surface area contributed by atoms with Gasteiger partial charge in [-0.2, -0.15) is 8.62 Å². The van der Waals surface area contributed by atoms with Crippen LogP contribution in [0.25, 0.3) is 0 Å². The van der Waals surface area contributed by atoms with Crippen LogP contribution in [0.3, 0.4) is 0 Å². The lowest BCUT2D eigenvalue weighted by Gasteiger charge is -2.31. The molecule has 1 aliphatic rings. The number of unbranched alkanes of at least 4 members (excludes halogenated alkanes) is 3. The van der Waals surface area contributed by atoms with Gasteiger partial charge in [0, 0.05) is 6.54 Å². The molecule has 19 nitrogen and oxygen atoms in total. The first-order valence-corrected chi connectivity index (χ1v) is 16.8. The van der Waals surface area contributed by atoms with Gasteiger partial charge in [0.15, 0.2) is 4.64 Å². The number of nitrogens with two attached hydrogens (primary N) is 1. The molecule has 0 saturated heterocycles. The maximum absolute atomic E-state index is 12.1. The molecule has 0 aromatic carbocycles. The van der Waals surface area contributed by atoms with Gasteiger partial charge in [0.25, 0.3) is 0 Å². The summed E-state index contributed by atoms with van der Waals surface area (Å²) in [6.07, 6.45) is -0.198. The van der Waals surface area contributed by atoms with Crippen LogP contribution < -0.4 is 21.3 Å². The highest BCUT2D eigenvalue weighted by atomic mass is 32.1. The number of ether oxygens (including phenoxy) is 1. The molecule has 23 heteroatoms. The molecule has 5 atom stereocenters. The van der Waals surface area contributed by atoms with Gasteiger partial charge >= 0.3 is 23.5 Å². The van der Waals surface area contributed by atoms with Crippen LogP contribution >= 0.6 is 35.7 Å². The molecule has 232 valence electrons. The topological polar surface area (TPSA) is 292 Å². The van der Waals surface area contributed by atoms with E-state index < -0.39 is 55.1 Å². The van der Waals surface area contributed by atoms with E-state index in [9.17, 15) is 33.7 Å². The van der Waals surface area contributed by atoms with Crippen LogP contribution in [0.2, 0.25) is 0 Å². The van der Waals surface area contributed by atoms with Gasteiger partial charge in [-0.1, -0.05) is 25.1 Å². The van der Waals surface area contributed by atoms with E-state index in [-0.39, 0.29) is 11.3 Å². The van der Waals surface area contributed by atoms with Gasteiger partial charge in [-0.05, 0) is 26.3 Å². The standard InChI is InChI=1S/C17H35N6O13P3S/c1-11(23-10-20-14-15(23)21-17(22-16(14)40)19-7-5-3-2-4-6-18)34-13(12(25)8-24)9-33-38(29,30)36-39(31,32)35-37(26,27)28/h11-13,20,24-25H,2-10,18H2,1H3,(H,29,30)(H,31,32)(H2,26,27,28)(H2,19,21,22,40)/t11?,12-,13-/m1/s1. The minimum atomic E-state index is -5.73. The lowest BCUT2D eigenvalue weighted by molar-refractivity contribution is -0.103. The monoisotopic (exact) mass is 656 g/mol. The molecule has 40 heavy (non-hydrogen) atoms. The smallest absolute Gasteiger partial charge is 0.394 e. The van der Waals surface area contributed by atoms with Crippen molar-refractivity contribution in [3.8, 4) is 0 Å². The van der Waals surface area contributed by atoms with Crippen LogP contribution in [0, 0.1) is 4.64 Å². The Morgan fingerprint density at radius 1 is 1.12 bits per heavy atom. The Morgan fingerprint density at radius 3 is 2.42 bits per heavy atom. The molecule has 1 aromatic heterocycles. The van der Waals surface area contributed by atoms with Gasteiger partial charge in [-0.15, -0.1) is 0 Å². The molecule has 0 saturated carbocycles. The first-order chi connectivity index (χ1) is 18.6. The van der Waals surface area contributed by atoms with Crippen LogP contribution in [0.4, 0.5) is 17.5 Å². The summed E-state index contributed by atoms with van der Waals surface area (Å²) in [4.78, 5) is 45.3. The van der Waals surface area contributed by atoms with Crippen molar-refractivity contribution in [3.63, 3.8) is 0 Å². The largest absolute Gasteiger partial charge is 0.490 e. The molecule has 0 radical (unpaired) electrons. The number of aromatic nitrogens is 2. The summed E-state index contributed by atoms with van der Waals surface area (Å²) >= 11 is 5.37. The number of aliphatic hydroxyl groups is 2. The van der Waals surface area contributed by atoms with Gasteiger partial charge in [0.1, 0.15) is 29.9 Å². The van der Waals surface area contributed by atoms with Crippen LogP contribution in [-0.4, -0.2) is 91.2 Å². The fourth-order valence-electron chi connectivity index (χ4n) is 3.46. The van der Waals surface area contributed by atoms with Crippen molar-refractivity contribution in [3.05, 3.63) is 4.64 Å². The van der Waals surface area contributed by atoms with E-state index >= 15 is 0 Å². The Kier molecular flexibility index (Phi) is 13.6. The van der Waals surface area contributed by atoms with Crippen LogP contribution in [0.5, 0.6) is 0 Å². The second-order valence-corrected chi connectivity index (χ2v) is 13.3. The summed E-state index contributed by atoms with van der Waals surface area (Å²) in [7, 11) is -16.8. The Balaban J connectivity index is 2.07. The summed E-state index contributed by atoms with van der Waals surface area (Å²) in [6.45, 7) is 1.18. The molecule has 0 bridgehead atoms. The molecule has 0 amide bonds. The Bertz CT molecular complexity index is 1170. The van der Waals surface area contributed by atoms with Gasteiger partial charge in [-0.3, -0.25) is 4.52 Å². The number of anilines is 3. The molecule has 1 aromatic rings. The van der Waals surface area contributed by atoms with Gasteiger partial charge in [0.05, 0.1) is 19.9 Å². The molecule has 11 N–H and O–H groups in total. The van der Waals surface area contributed by atoms with E-state index in [1.54, 1.807) is 11.8 Å². The number of hydrogen-bond acceptors (Lipinski definition) is 15. The van der Waals surface area contributed by atoms with Crippen molar-refractivity contribution in [1.29, 1.82) is 0 Å². The predicted octanol–water partition coefficient (Wildman–Crippen LogP) is 0.687. The molecular weight excluding hydrogens is 621 g/mol. The van der Waals surface area contributed by atoms with E-state index in [1.807, 2.05) is 0 Å². The van der Waals surface area contributed by atoms with E-state index in [1.165, 1.54) is 0 Å². The first-order valence-electron chi connectivity index (χ1n) is 11.9. The number of phosphoric ester groups is 1. The second-order valence-electron chi connectivity index (χ2n) is 8.46. The molecule has 0 aliphatic carbocycles. The summed E-state index contributed by atoms with van der Waals surface area (Å²) in [6, 6.07) is 0. The summed E-state index contributed by atoms with van der Waals surface area (Å²) in [5.41, 5.74) is 6.00. The van der Waals surface area contributed by atoms with Crippen molar-refractivity contribution < 1.29 is 61.4 Å². The zero-order valence-electron chi connectivity index (χ0n) is 21.4. The number of aliphatic hydroxyl groups excluding tert-OH is 2. The minimum Gasteiger partial charge on any atom is -0.394 e. The Morgan fingerprint density at radius 2 is 1.80 bits per heavy atom. The van der Waals surface area contributed by atoms with Crippen molar-refractivity contribution in [2.75, 3.05) is 48.5 Å². The average Bonchev–Trinajstić information content (AvgIpc) is 3.25. The van der Waals surface area contributed by atoms with E-state index in [2.05, 4.69) is 33.7 Å². The fourth-order valence-corrected chi connectivity index (χ4v) is 6.75. The molecule has 0 spiro atoms. The normalized spacial score (nSPS) is 18.8. The van der Waals surface area contributed by atoms with Crippen molar-refractivity contribution >= 4 is 53.1 Å². The van der Waals surface area contributed by atoms with Gasteiger partial charge in [-0.25, -0.2) is 18.7 Å². The number of nitrogens with one attached hydrogen (secondary N) is 3. The third-order valence-electron chi connectivity index (χ3n) is 5.28. The Labute approximate surface area is 234 Å². The van der Waals surface area contributed by atoms with Gasteiger partial charge in [0.2, 0.25) is 5.95 Å². The average molecular weight is 656 g/mol. The van der Waals surface area contributed by atoms with Crippen LogP contribution in [0.15, 0.2) is 0 Å². The highest BCUT2D eigenvalue weighted by molar-refractivity contribution is 7.71. The summed E-state index contributed by atoms with van der Waals surface area (Å²) < 4.78 is 52.2. The lowest BCUT2D eigenvalue weighted by atomic mass is 10.2. The maximum Gasteiger partial charge on any atom is 0.490 e. The van der Waals surface area contributed by atoms with E-state index in [4.69, 9.17) is 32.5 Å². The zero-order chi connectivity index (χ0) is 30.1. The molecular formula is C17H35N6O13P3S. The fraction of sp³-hybridized carbons (Fsp3) is 0.765. The number of fused-ring (bicyclic) bond motifs is 1. The molecule has 0 fully saturated rings. The summed E-state index contributed by atoms with van der Waals surface area (Å²) in [5, 5.41) is 25.8. The number of rotatable bonds is 19. The third kappa shape index (κ3) is 11.7. The van der Waals surface area contributed by atoms with E-state index in [0.717, 1.165) is 25.7 Å². The molecule has 2 heterocycles. The number of hydrogen-bond donors (Lipinski definition) is 10. The zero-order valence-corrected chi connectivity index (χ0v) is 24.9. The molecule has 2 rings (SSSR count). The first kappa shape index (κ1) is 35.1. The number of aromatic amines is 1. The minimum absolute atomic E-state index is 0.179. The third-order valence-corrected chi connectivity index (χ3v) is 9.38. The van der Waals surface area contributed by atoms with Crippen molar-refractivity contribution in [1.82, 2.24) is 9.97 Å². The second kappa shape index (κ2) is 15.4. The number of H-pyrrole nitrogens is 1. The van der Waals surface area contributed by atoms with E-state index in [0.29, 0.717) is 30.5 Å². The quantitative estimate of drug-likeness (QED) is 0.0556. The SMILES string of the molecule is CC(O[C@H](COP(=O)(O)OP(=O)(O)OP(=O)(O)O)[C@H](O)CO)N1CNc2c1[nH]c(NCCCCCCN)nc2=S.